The standard InChI is InChI=1S/C25H29O9PS/c1-29-16-11-19(31-3)18(20(12-16)32-4)15-35(23-9-7-8-10-24(23)36(26,27)28)25-21(33-5)13-17(30-2)14-22(25)34-6/h7-14H,15H2,1-6H3,(H,26,27,28). The second-order valence-corrected chi connectivity index (χ2v) is 10.9. The summed E-state index contributed by atoms with van der Waals surface area (Å²) in [6, 6.07) is 13.1. The lowest BCUT2D eigenvalue weighted by molar-refractivity contribution is 0.370. The van der Waals surface area contributed by atoms with Crippen LogP contribution in [-0.2, 0) is 16.3 Å². The normalized spacial score (nSPS) is 12.0. The fraction of sp³-hybridized carbons (Fsp3) is 0.280. The first-order valence-corrected chi connectivity index (χ1v) is 13.6. The molecule has 0 aromatic heterocycles. The van der Waals surface area contributed by atoms with Crippen molar-refractivity contribution >= 4 is 28.6 Å². The Hall–Kier alpha value is -3.20. The van der Waals surface area contributed by atoms with Crippen LogP contribution in [-0.4, -0.2) is 55.6 Å². The third-order valence-electron chi connectivity index (χ3n) is 5.53. The third kappa shape index (κ3) is 5.61. The van der Waals surface area contributed by atoms with Crippen LogP contribution in [0.5, 0.6) is 34.5 Å². The first-order valence-electron chi connectivity index (χ1n) is 10.6. The second kappa shape index (κ2) is 11.7. The van der Waals surface area contributed by atoms with Crippen LogP contribution < -0.4 is 39.0 Å². The average Bonchev–Trinajstić information content (AvgIpc) is 2.90. The van der Waals surface area contributed by atoms with Gasteiger partial charge in [-0.1, -0.05) is 18.2 Å². The van der Waals surface area contributed by atoms with Crippen LogP contribution in [0.3, 0.4) is 0 Å². The van der Waals surface area contributed by atoms with Gasteiger partial charge < -0.3 is 28.4 Å². The molecule has 0 bridgehead atoms. The molecule has 9 nitrogen and oxygen atoms in total. The van der Waals surface area contributed by atoms with E-state index >= 15 is 0 Å². The van der Waals surface area contributed by atoms with Gasteiger partial charge in [0.1, 0.15) is 39.4 Å². The van der Waals surface area contributed by atoms with E-state index in [-0.39, 0.29) is 11.1 Å². The number of methoxy groups -OCH3 is 6. The Kier molecular flexibility index (Phi) is 8.89. The molecule has 3 rings (SSSR count). The van der Waals surface area contributed by atoms with Gasteiger partial charge in [-0.25, -0.2) is 0 Å². The molecule has 0 amide bonds. The molecule has 1 unspecified atom stereocenters. The molecule has 0 aliphatic rings. The zero-order chi connectivity index (χ0) is 26.5. The van der Waals surface area contributed by atoms with Crippen molar-refractivity contribution in [3.05, 3.63) is 54.1 Å². The summed E-state index contributed by atoms with van der Waals surface area (Å²) < 4.78 is 68.3. The highest BCUT2D eigenvalue weighted by Crippen LogP contribution is 2.50. The number of rotatable bonds is 11. The molecule has 194 valence electrons. The van der Waals surface area contributed by atoms with Crippen LogP contribution in [0, 0.1) is 0 Å². The predicted molar refractivity (Wildman–Crippen MR) is 138 cm³/mol. The number of hydrogen-bond acceptors (Lipinski definition) is 8. The van der Waals surface area contributed by atoms with Crippen molar-refractivity contribution in [2.75, 3.05) is 42.7 Å². The van der Waals surface area contributed by atoms with Crippen molar-refractivity contribution in [2.45, 2.75) is 11.1 Å². The van der Waals surface area contributed by atoms with E-state index in [0.717, 1.165) is 0 Å². The summed E-state index contributed by atoms with van der Waals surface area (Å²) in [5.74, 6) is 2.91. The smallest absolute Gasteiger partial charge is 0.295 e. The molecule has 0 aliphatic carbocycles. The summed E-state index contributed by atoms with van der Waals surface area (Å²) in [6.07, 6.45) is 0.261. The van der Waals surface area contributed by atoms with Gasteiger partial charge in [-0.2, -0.15) is 8.42 Å². The Labute approximate surface area is 212 Å². The Morgan fingerprint density at radius 2 is 1.14 bits per heavy atom. The Bertz CT molecular complexity index is 1270. The molecule has 3 aromatic rings. The molecule has 1 atom stereocenters. The average molecular weight is 537 g/mol. The fourth-order valence-corrected chi connectivity index (χ4v) is 7.74. The van der Waals surface area contributed by atoms with E-state index in [1.165, 1.54) is 48.7 Å². The minimum Gasteiger partial charge on any atom is -0.496 e. The molecule has 3 aromatic carbocycles. The first-order chi connectivity index (χ1) is 17.2. The summed E-state index contributed by atoms with van der Waals surface area (Å²) in [6.45, 7) is 0. The zero-order valence-corrected chi connectivity index (χ0v) is 22.6. The van der Waals surface area contributed by atoms with Crippen molar-refractivity contribution < 1.29 is 41.4 Å². The van der Waals surface area contributed by atoms with Crippen LogP contribution in [0.25, 0.3) is 0 Å². The van der Waals surface area contributed by atoms with Crippen LogP contribution in [0.15, 0.2) is 53.4 Å². The second-order valence-electron chi connectivity index (χ2n) is 7.42. The third-order valence-corrected chi connectivity index (χ3v) is 9.17. The van der Waals surface area contributed by atoms with E-state index in [0.29, 0.717) is 50.7 Å². The van der Waals surface area contributed by atoms with E-state index in [4.69, 9.17) is 28.4 Å². The zero-order valence-electron chi connectivity index (χ0n) is 20.9. The van der Waals surface area contributed by atoms with Crippen molar-refractivity contribution in [3.63, 3.8) is 0 Å². The quantitative estimate of drug-likeness (QED) is 0.290. The summed E-state index contributed by atoms with van der Waals surface area (Å²) >= 11 is 0. The lowest BCUT2D eigenvalue weighted by Gasteiger charge is -2.26. The van der Waals surface area contributed by atoms with Crippen LogP contribution in [0.4, 0.5) is 0 Å². The number of ether oxygens (including phenoxy) is 6. The van der Waals surface area contributed by atoms with Gasteiger partial charge in [-0.15, -0.1) is 0 Å². The van der Waals surface area contributed by atoms with Crippen molar-refractivity contribution in [3.8, 4) is 34.5 Å². The highest BCUT2D eigenvalue weighted by molar-refractivity contribution is 7.87. The maximum absolute atomic E-state index is 12.4. The molecule has 0 radical (unpaired) electrons. The molecule has 11 heteroatoms. The Morgan fingerprint density at radius 1 is 0.694 bits per heavy atom. The van der Waals surface area contributed by atoms with Gasteiger partial charge in [0, 0.05) is 41.3 Å². The molecule has 0 fully saturated rings. The monoisotopic (exact) mass is 536 g/mol. The summed E-state index contributed by atoms with van der Waals surface area (Å²) in [5, 5.41) is 1.02. The van der Waals surface area contributed by atoms with Crippen molar-refractivity contribution in [1.82, 2.24) is 0 Å². The van der Waals surface area contributed by atoms with Crippen LogP contribution in [0.1, 0.15) is 5.56 Å². The molecule has 0 spiro atoms. The predicted octanol–water partition coefficient (Wildman–Crippen LogP) is 3.62. The largest absolute Gasteiger partial charge is 0.496 e. The molecule has 0 aliphatic heterocycles. The Morgan fingerprint density at radius 3 is 1.56 bits per heavy atom. The molecular formula is C25H29O9PS. The molecule has 36 heavy (non-hydrogen) atoms. The Balaban J connectivity index is 2.39. The van der Waals surface area contributed by atoms with E-state index in [2.05, 4.69) is 0 Å². The lowest BCUT2D eigenvalue weighted by atomic mass is 10.2. The van der Waals surface area contributed by atoms with E-state index in [1.54, 1.807) is 42.5 Å². The highest BCUT2D eigenvalue weighted by atomic mass is 32.2. The SMILES string of the molecule is COc1cc(OC)c(CP(c2ccccc2S(=O)(=O)O)c2c(OC)cc(OC)cc2OC)c(OC)c1. The topological polar surface area (TPSA) is 110 Å². The lowest BCUT2D eigenvalue weighted by Crippen LogP contribution is -2.22. The van der Waals surface area contributed by atoms with Gasteiger partial charge in [0.25, 0.3) is 10.1 Å². The van der Waals surface area contributed by atoms with Gasteiger partial charge in [-0.3, -0.25) is 4.55 Å². The van der Waals surface area contributed by atoms with Crippen molar-refractivity contribution in [1.29, 1.82) is 0 Å². The van der Waals surface area contributed by atoms with Gasteiger partial charge in [0.05, 0.1) is 48.0 Å². The van der Waals surface area contributed by atoms with Crippen LogP contribution in [0.2, 0.25) is 0 Å². The van der Waals surface area contributed by atoms with Crippen LogP contribution >= 0.6 is 7.92 Å². The molecule has 0 saturated heterocycles. The van der Waals surface area contributed by atoms with Crippen molar-refractivity contribution in [2.24, 2.45) is 0 Å². The maximum atomic E-state index is 12.4. The molecular weight excluding hydrogens is 507 g/mol. The maximum Gasteiger partial charge on any atom is 0.295 e. The fourth-order valence-electron chi connectivity index (χ4n) is 3.83. The van der Waals surface area contributed by atoms with E-state index in [1.807, 2.05) is 0 Å². The number of hydrogen-bond donors (Lipinski definition) is 1. The minimum absolute atomic E-state index is 0.206. The van der Waals surface area contributed by atoms with Gasteiger partial charge in [0.15, 0.2) is 0 Å². The van der Waals surface area contributed by atoms with Gasteiger partial charge >= 0.3 is 0 Å². The van der Waals surface area contributed by atoms with E-state index < -0.39 is 18.0 Å². The molecule has 0 heterocycles. The molecule has 1 N–H and O–H groups in total. The number of benzene rings is 3. The molecule has 0 saturated carbocycles. The van der Waals surface area contributed by atoms with Gasteiger partial charge in [0.2, 0.25) is 0 Å². The van der Waals surface area contributed by atoms with Gasteiger partial charge in [-0.05, 0) is 14.0 Å². The minimum atomic E-state index is -4.55. The first kappa shape index (κ1) is 27.4. The summed E-state index contributed by atoms with van der Waals surface area (Å²) in [4.78, 5) is -0.206. The highest BCUT2D eigenvalue weighted by Gasteiger charge is 2.31. The summed E-state index contributed by atoms with van der Waals surface area (Å²) in [7, 11) is 3.01. The van der Waals surface area contributed by atoms with E-state index in [9.17, 15) is 13.0 Å². The summed E-state index contributed by atoms with van der Waals surface area (Å²) in [5.41, 5.74) is 0.678.